The van der Waals surface area contributed by atoms with Gasteiger partial charge in [0.15, 0.2) is 0 Å². The van der Waals surface area contributed by atoms with Crippen LogP contribution in [0.1, 0.15) is 6.92 Å². The molecule has 0 amide bonds. The van der Waals surface area contributed by atoms with Crippen molar-refractivity contribution in [2.45, 2.75) is 11.8 Å². The zero-order valence-corrected chi connectivity index (χ0v) is 8.38. The van der Waals surface area contributed by atoms with Crippen molar-refractivity contribution in [2.75, 3.05) is 5.73 Å². The van der Waals surface area contributed by atoms with E-state index in [1.165, 1.54) is 6.07 Å². The highest BCUT2D eigenvalue weighted by molar-refractivity contribution is 8.23. The Kier molecular flexibility index (Phi) is 1.91. The lowest BCUT2D eigenvalue weighted by Crippen LogP contribution is -2.27. The summed E-state index contributed by atoms with van der Waals surface area (Å²) < 4.78 is 22.0. The first kappa shape index (κ1) is 9.32. The Balaban J connectivity index is 2.64. The minimum Gasteiger partial charge on any atom is -0.399 e. The number of rotatable bonds is 0. The molecule has 0 atom stereocenters. The fraction of sp³-hybridized carbons (Fsp3) is 0.125. The van der Waals surface area contributed by atoms with Crippen LogP contribution in [0.4, 0.5) is 11.4 Å². The van der Waals surface area contributed by atoms with E-state index in [-0.39, 0.29) is 0 Å². The summed E-state index contributed by atoms with van der Waals surface area (Å²) in [5.74, 6) is 0.488. The molecule has 0 unspecified atom stereocenters. The zero-order chi connectivity index (χ0) is 10.3. The van der Waals surface area contributed by atoms with Crippen LogP contribution in [0.5, 0.6) is 0 Å². The van der Waals surface area contributed by atoms with Crippen molar-refractivity contribution >= 4 is 28.0 Å². The molecule has 1 aliphatic heterocycles. The predicted molar refractivity (Wildman–Crippen MR) is 57.9 cm³/mol. The third kappa shape index (κ3) is 1.43. The highest BCUT2D eigenvalue weighted by Gasteiger charge is 2.24. The average molecular weight is 213 g/mol. The first-order valence-corrected chi connectivity index (χ1v) is 5.54. The molecule has 0 aromatic heterocycles. The second-order valence-corrected chi connectivity index (χ2v) is 4.82. The van der Waals surface area contributed by atoms with E-state index >= 15 is 0 Å². The van der Waals surface area contributed by atoms with Crippen LogP contribution in [0.2, 0.25) is 0 Å². The van der Waals surface area contributed by atoms with Crippen molar-refractivity contribution in [1.82, 2.24) is 4.72 Å². The van der Waals surface area contributed by atoms with Crippen LogP contribution in [-0.2, 0) is 0 Å². The van der Waals surface area contributed by atoms with Crippen LogP contribution < -0.4 is 10.5 Å². The van der Waals surface area contributed by atoms with Gasteiger partial charge in [0.1, 0.15) is 10.7 Å². The smallest absolute Gasteiger partial charge is 0.118 e. The van der Waals surface area contributed by atoms with Gasteiger partial charge in [-0.3, -0.25) is 13.8 Å². The van der Waals surface area contributed by atoms with Gasteiger partial charge >= 0.3 is 0 Å². The number of hydrogen-bond acceptors (Lipinski definition) is 5. The lowest BCUT2D eigenvalue weighted by Gasteiger charge is -2.37. The van der Waals surface area contributed by atoms with E-state index in [0.717, 1.165) is 0 Å². The maximum absolute atomic E-state index is 9.71. The largest absolute Gasteiger partial charge is 0.399 e. The molecule has 0 saturated carbocycles. The number of amidine groups is 1. The third-order valence-electron chi connectivity index (χ3n) is 1.87. The molecule has 6 heteroatoms. The van der Waals surface area contributed by atoms with Crippen molar-refractivity contribution in [3.8, 4) is 0 Å². The first-order valence-electron chi connectivity index (χ1n) is 4.00. The van der Waals surface area contributed by atoms with E-state index in [1.54, 1.807) is 19.1 Å². The molecule has 1 aromatic carbocycles. The summed E-state index contributed by atoms with van der Waals surface area (Å²) in [5, 5.41) is 0. The number of fused-ring (bicyclic) bond motifs is 1. The Morgan fingerprint density at radius 3 is 2.86 bits per heavy atom. The van der Waals surface area contributed by atoms with Gasteiger partial charge in [0.05, 0.1) is 5.69 Å². The van der Waals surface area contributed by atoms with Gasteiger partial charge < -0.3 is 5.73 Å². The van der Waals surface area contributed by atoms with Gasteiger partial charge in [-0.15, -0.1) is 0 Å². The number of nitrogens with one attached hydrogen (secondary N) is 1. The van der Waals surface area contributed by atoms with Gasteiger partial charge in [-0.25, -0.2) is 4.99 Å². The van der Waals surface area contributed by atoms with Crippen molar-refractivity contribution in [3.63, 3.8) is 0 Å². The second-order valence-electron chi connectivity index (χ2n) is 3.08. The third-order valence-corrected chi connectivity index (χ3v) is 3.39. The van der Waals surface area contributed by atoms with Crippen LogP contribution in [0.3, 0.4) is 0 Å². The number of anilines is 1. The molecule has 1 aliphatic rings. The van der Waals surface area contributed by atoms with Crippen molar-refractivity contribution < 1.29 is 9.11 Å². The van der Waals surface area contributed by atoms with Gasteiger partial charge in [-0.2, -0.15) is 0 Å². The maximum Gasteiger partial charge on any atom is 0.118 e. The van der Waals surface area contributed by atoms with Gasteiger partial charge in [0, 0.05) is 5.69 Å². The maximum atomic E-state index is 9.71. The number of benzene rings is 1. The molecule has 0 aliphatic carbocycles. The van der Waals surface area contributed by atoms with Gasteiger partial charge in [0.2, 0.25) is 0 Å². The fourth-order valence-corrected chi connectivity index (χ4v) is 2.59. The van der Waals surface area contributed by atoms with Crippen LogP contribution in [0, 0.1) is 0 Å². The Morgan fingerprint density at radius 2 is 2.14 bits per heavy atom. The number of nitrogen functional groups attached to an aromatic ring is 1. The molecule has 14 heavy (non-hydrogen) atoms. The predicted octanol–water partition coefficient (Wildman–Crippen LogP) is 1.95. The summed E-state index contributed by atoms with van der Waals surface area (Å²) in [7, 11) is -2.97. The van der Waals surface area contributed by atoms with E-state index in [2.05, 4.69) is 9.71 Å². The van der Waals surface area contributed by atoms with E-state index in [0.29, 0.717) is 22.1 Å². The zero-order valence-electron chi connectivity index (χ0n) is 7.56. The Hall–Kier alpha value is -1.24. The van der Waals surface area contributed by atoms with Crippen molar-refractivity contribution in [3.05, 3.63) is 18.2 Å². The molecule has 0 bridgehead atoms. The minimum absolute atomic E-state index is 0.350. The molecule has 0 saturated heterocycles. The average Bonchev–Trinajstić information content (AvgIpc) is 2.05. The van der Waals surface area contributed by atoms with Crippen LogP contribution in [0.15, 0.2) is 28.1 Å². The molecular weight excluding hydrogens is 202 g/mol. The summed E-state index contributed by atoms with van der Waals surface area (Å²) in [6.45, 7) is 1.67. The van der Waals surface area contributed by atoms with Gasteiger partial charge in [-0.05, 0) is 25.1 Å². The van der Waals surface area contributed by atoms with E-state index in [4.69, 9.17) is 5.73 Å². The highest BCUT2D eigenvalue weighted by Crippen LogP contribution is 2.51. The summed E-state index contributed by atoms with van der Waals surface area (Å²) in [5.41, 5.74) is 6.59. The molecule has 0 radical (unpaired) electrons. The Bertz CT molecular complexity index is 417. The summed E-state index contributed by atoms with van der Waals surface area (Å²) in [6, 6.07) is 4.87. The molecule has 0 spiro atoms. The molecule has 0 fully saturated rings. The number of nitrogens with zero attached hydrogens (tertiary/aromatic N) is 1. The Morgan fingerprint density at radius 1 is 1.43 bits per heavy atom. The molecular formula is C8H11N3O2S. The first-order chi connectivity index (χ1) is 6.49. The number of nitrogens with two attached hydrogens (primary N) is 1. The summed E-state index contributed by atoms with van der Waals surface area (Å²) in [4.78, 5) is 4.48. The molecule has 1 aromatic rings. The number of hydrogen-bond donors (Lipinski definition) is 4. The highest BCUT2D eigenvalue weighted by atomic mass is 32.3. The molecule has 5 nitrogen and oxygen atoms in total. The van der Waals surface area contributed by atoms with Crippen LogP contribution in [0.25, 0.3) is 0 Å². The standard InChI is InChI=1S/C8H11N3O2S/c1-5-10-7-3-2-6(9)4-8(7)14(12,13)11-5/h2-4,12-13H,9H2,1H3,(H,10,11). The van der Waals surface area contributed by atoms with E-state index < -0.39 is 10.8 Å². The lowest BCUT2D eigenvalue weighted by atomic mass is 10.3. The van der Waals surface area contributed by atoms with Crippen LogP contribution in [-0.4, -0.2) is 14.9 Å². The second kappa shape index (κ2) is 2.88. The normalized spacial score (nSPS) is 20.4. The molecule has 5 N–H and O–H groups in total. The topological polar surface area (TPSA) is 90.9 Å². The fourth-order valence-electron chi connectivity index (χ4n) is 1.32. The quantitative estimate of drug-likeness (QED) is 0.496. The summed E-state index contributed by atoms with van der Waals surface area (Å²) >= 11 is 0. The number of aliphatic imine (C=N–C) groups is 1. The SMILES string of the molecule is CC1=Nc2ccc(N)cc2S(O)(O)N1. The van der Waals surface area contributed by atoms with Crippen LogP contribution >= 0.6 is 10.8 Å². The minimum atomic E-state index is -2.97. The molecule has 76 valence electrons. The Labute approximate surface area is 83.1 Å². The lowest BCUT2D eigenvalue weighted by molar-refractivity contribution is 0.481. The van der Waals surface area contributed by atoms with Gasteiger partial charge in [-0.1, -0.05) is 10.8 Å². The monoisotopic (exact) mass is 213 g/mol. The summed E-state index contributed by atoms with van der Waals surface area (Å²) in [6.07, 6.45) is 0. The van der Waals surface area contributed by atoms with Gasteiger partial charge in [0.25, 0.3) is 0 Å². The molecule has 1 heterocycles. The van der Waals surface area contributed by atoms with Crippen molar-refractivity contribution in [2.24, 2.45) is 4.99 Å². The molecule has 2 rings (SSSR count). The van der Waals surface area contributed by atoms with E-state index in [9.17, 15) is 9.11 Å². The van der Waals surface area contributed by atoms with E-state index in [1.807, 2.05) is 0 Å². The van der Waals surface area contributed by atoms with Crippen molar-refractivity contribution in [1.29, 1.82) is 0 Å².